The Morgan fingerprint density at radius 3 is 2.43 bits per heavy atom. The highest BCUT2D eigenvalue weighted by Gasteiger charge is 2.25. The van der Waals surface area contributed by atoms with Gasteiger partial charge in [0.1, 0.15) is 11.9 Å². The molecule has 0 fully saturated rings. The normalized spacial score (nSPS) is 16.0. The zero-order valence-corrected chi connectivity index (χ0v) is 13.9. The van der Waals surface area contributed by atoms with Gasteiger partial charge in [-0.3, -0.25) is 4.99 Å². The largest absolute Gasteiger partial charge is 0.490 e. The molecule has 2 aromatic carbocycles. The second-order valence-corrected chi connectivity index (χ2v) is 5.89. The van der Waals surface area contributed by atoms with Crippen LogP contribution in [0.4, 0.5) is 4.39 Å². The van der Waals surface area contributed by atoms with E-state index in [0.717, 1.165) is 10.5 Å². The maximum atomic E-state index is 14.2. The van der Waals surface area contributed by atoms with Crippen molar-refractivity contribution in [2.45, 2.75) is 24.8 Å². The van der Waals surface area contributed by atoms with Gasteiger partial charge >= 0.3 is 0 Å². The fraction of sp³-hybridized carbons (Fsp3) is 0.278. The first kappa shape index (κ1) is 15.9. The first-order valence-corrected chi connectivity index (χ1v) is 8.48. The van der Waals surface area contributed by atoms with E-state index < -0.39 is 0 Å². The number of hydrogen-bond acceptors (Lipinski definition) is 4. The van der Waals surface area contributed by atoms with Gasteiger partial charge in [0.25, 0.3) is 0 Å². The van der Waals surface area contributed by atoms with Crippen LogP contribution in [0, 0.1) is 5.82 Å². The lowest BCUT2D eigenvalue weighted by Crippen LogP contribution is -2.08. The highest BCUT2D eigenvalue weighted by molar-refractivity contribution is 8.12. The Hall–Kier alpha value is -2.01. The molecule has 3 rings (SSSR count). The van der Waals surface area contributed by atoms with Crippen molar-refractivity contribution < 1.29 is 13.9 Å². The van der Waals surface area contributed by atoms with Gasteiger partial charge in [-0.2, -0.15) is 0 Å². The molecule has 1 aliphatic heterocycles. The number of ether oxygens (including phenoxy) is 2. The Bertz CT molecular complexity index is 733. The summed E-state index contributed by atoms with van der Waals surface area (Å²) in [6.07, 6.45) is 0. The van der Waals surface area contributed by atoms with E-state index in [0.29, 0.717) is 30.3 Å². The van der Waals surface area contributed by atoms with Gasteiger partial charge < -0.3 is 9.47 Å². The average molecular weight is 331 g/mol. The van der Waals surface area contributed by atoms with Crippen LogP contribution in [0.5, 0.6) is 11.5 Å². The van der Waals surface area contributed by atoms with Crippen LogP contribution in [0.15, 0.2) is 46.3 Å². The Morgan fingerprint density at radius 1 is 1.04 bits per heavy atom. The molecule has 1 unspecified atom stereocenters. The molecule has 120 valence electrons. The van der Waals surface area contributed by atoms with Crippen molar-refractivity contribution >= 4 is 17.3 Å². The molecule has 0 N–H and O–H groups in total. The second kappa shape index (κ2) is 7.04. The smallest absolute Gasteiger partial charge is 0.162 e. The lowest BCUT2D eigenvalue weighted by Gasteiger charge is -2.23. The highest BCUT2D eigenvalue weighted by Crippen LogP contribution is 2.43. The number of thioether (sulfide) groups is 1. The Balaban J connectivity index is 2.09. The minimum Gasteiger partial charge on any atom is -0.490 e. The SMILES string of the molecule is CCOc1cc2c(cc1OCC)C(c1ccccc1F)N=CS2. The van der Waals surface area contributed by atoms with Crippen LogP contribution in [-0.4, -0.2) is 18.8 Å². The number of fused-ring (bicyclic) bond motifs is 1. The van der Waals surface area contributed by atoms with Crippen LogP contribution < -0.4 is 9.47 Å². The topological polar surface area (TPSA) is 30.8 Å². The molecule has 23 heavy (non-hydrogen) atoms. The zero-order chi connectivity index (χ0) is 16.2. The summed E-state index contributed by atoms with van der Waals surface area (Å²) in [5.74, 6) is 1.13. The third-order valence-corrected chi connectivity index (χ3v) is 4.39. The summed E-state index contributed by atoms with van der Waals surface area (Å²) >= 11 is 1.51. The molecule has 0 radical (unpaired) electrons. The summed E-state index contributed by atoms with van der Waals surface area (Å²) in [6.45, 7) is 4.97. The van der Waals surface area contributed by atoms with Crippen molar-refractivity contribution in [3.05, 3.63) is 53.3 Å². The number of benzene rings is 2. The van der Waals surface area contributed by atoms with Crippen LogP contribution in [0.3, 0.4) is 0 Å². The van der Waals surface area contributed by atoms with Crippen molar-refractivity contribution in [1.29, 1.82) is 0 Å². The number of hydrogen-bond donors (Lipinski definition) is 0. The fourth-order valence-electron chi connectivity index (χ4n) is 2.58. The van der Waals surface area contributed by atoms with E-state index in [1.54, 1.807) is 17.7 Å². The maximum Gasteiger partial charge on any atom is 0.162 e. The molecule has 0 saturated carbocycles. The molecular weight excluding hydrogens is 313 g/mol. The summed E-state index contributed by atoms with van der Waals surface area (Å²) in [5, 5.41) is 0. The van der Waals surface area contributed by atoms with E-state index in [9.17, 15) is 4.39 Å². The molecule has 3 nitrogen and oxygen atoms in total. The molecule has 2 aromatic rings. The average Bonchev–Trinajstić information content (AvgIpc) is 2.56. The Morgan fingerprint density at radius 2 is 1.74 bits per heavy atom. The maximum absolute atomic E-state index is 14.2. The highest BCUT2D eigenvalue weighted by atomic mass is 32.2. The molecule has 0 bridgehead atoms. The minimum absolute atomic E-state index is 0.251. The van der Waals surface area contributed by atoms with Gasteiger partial charge in [-0.05, 0) is 37.6 Å². The van der Waals surface area contributed by atoms with E-state index in [2.05, 4.69) is 4.99 Å². The minimum atomic E-state index is -0.359. The zero-order valence-electron chi connectivity index (χ0n) is 13.1. The summed E-state index contributed by atoms with van der Waals surface area (Å²) in [4.78, 5) is 5.49. The van der Waals surface area contributed by atoms with Crippen molar-refractivity contribution in [2.24, 2.45) is 4.99 Å². The lowest BCUT2D eigenvalue weighted by atomic mass is 9.98. The van der Waals surface area contributed by atoms with Crippen molar-refractivity contribution in [2.75, 3.05) is 13.2 Å². The van der Waals surface area contributed by atoms with Crippen LogP contribution in [0.1, 0.15) is 31.0 Å². The predicted molar refractivity (Wildman–Crippen MR) is 91.4 cm³/mol. The van der Waals surface area contributed by atoms with E-state index in [4.69, 9.17) is 9.47 Å². The summed E-state index contributed by atoms with van der Waals surface area (Å²) in [6, 6.07) is 10.3. The fourth-order valence-corrected chi connectivity index (χ4v) is 3.36. The molecule has 1 atom stereocenters. The van der Waals surface area contributed by atoms with Gasteiger partial charge in [-0.15, -0.1) is 0 Å². The van der Waals surface area contributed by atoms with Crippen LogP contribution in [0.2, 0.25) is 0 Å². The van der Waals surface area contributed by atoms with Gasteiger partial charge in [0.05, 0.1) is 18.8 Å². The van der Waals surface area contributed by atoms with E-state index in [1.165, 1.54) is 17.8 Å². The predicted octanol–water partition coefficient (Wildman–Crippen LogP) is 4.85. The van der Waals surface area contributed by atoms with Gasteiger partial charge in [0.2, 0.25) is 0 Å². The summed E-state index contributed by atoms with van der Waals surface area (Å²) < 4.78 is 25.5. The third-order valence-electron chi connectivity index (χ3n) is 3.56. The number of rotatable bonds is 5. The Labute approximate surface area is 139 Å². The first-order valence-electron chi connectivity index (χ1n) is 7.60. The van der Waals surface area contributed by atoms with Crippen molar-refractivity contribution in [3.63, 3.8) is 0 Å². The van der Waals surface area contributed by atoms with Crippen LogP contribution >= 0.6 is 11.8 Å². The third kappa shape index (κ3) is 3.20. The van der Waals surface area contributed by atoms with Gasteiger partial charge in [-0.1, -0.05) is 30.0 Å². The van der Waals surface area contributed by atoms with Gasteiger partial charge in [0.15, 0.2) is 11.5 Å². The van der Waals surface area contributed by atoms with Crippen molar-refractivity contribution in [1.82, 2.24) is 0 Å². The molecule has 0 aliphatic carbocycles. The van der Waals surface area contributed by atoms with Gasteiger partial charge in [0, 0.05) is 10.5 Å². The quantitative estimate of drug-likeness (QED) is 0.785. The molecule has 1 heterocycles. The number of nitrogens with zero attached hydrogens (tertiary/aromatic N) is 1. The second-order valence-electron chi connectivity index (χ2n) is 5.00. The molecule has 0 spiro atoms. The number of aliphatic imine (C=N–C) groups is 1. The summed E-state index contributed by atoms with van der Waals surface area (Å²) in [7, 11) is 0. The number of halogens is 1. The van der Waals surface area contributed by atoms with Crippen LogP contribution in [0.25, 0.3) is 0 Å². The van der Waals surface area contributed by atoms with E-state index in [1.807, 2.05) is 32.0 Å². The molecular formula is C18H18FNO2S. The van der Waals surface area contributed by atoms with Crippen molar-refractivity contribution in [3.8, 4) is 11.5 Å². The monoisotopic (exact) mass is 331 g/mol. The lowest BCUT2D eigenvalue weighted by molar-refractivity contribution is 0.286. The Kier molecular flexibility index (Phi) is 4.86. The first-order chi connectivity index (χ1) is 11.2. The molecule has 1 aliphatic rings. The molecule has 0 amide bonds. The van der Waals surface area contributed by atoms with Gasteiger partial charge in [-0.25, -0.2) is 4.39 Å². The molecule has 0 aromatic heterocycles. The van der Waals surface area contributed by atoms with E-state index >= 15 is 0 Å². The van der Waals surface area contributed by atoms with E-state index in [-0.39, 0.29) is 11.9 Å². The molecule has 5 heteroatoms. The summed E-state index contributed by atoms with van der Waals surface area (Å²) in [5.41, 5.74) is 3.27. The standard InChI is InChI=1S/C18H18FNO2S/c1-3-21-15-9-13-17(10-16(15)22-4-2)23-11-20-18(13)12-7-5-6-8-14(12)19/h5-11,18H,3-4H2,1-2H3. The molecule has 0 saturated heterocycles. The van der Waals surface area contributed by atoms with Crippen LogP contribution in [-0.2, 0) is 0 Å².